The molecule has 0 amide bonds. The summed E-state index contributed by atoms with van der Waals surface area (Å²) in [5.74, 6) is -2.35. The summed E-state index contributed by atoms with van der Waals surface area (Å²) < 4.78 is 60.0. The lowest BCUT2D eigenvalue weighted by molar-refractivity contribution is -0.189. The van der Waals surface area contributed by atoms with Crippen LogP contribution in [0.15, 0.2) is 42.6 Å². The zero-order chi connectivity index (χ0) is 28.3. The second-order valence-electron chi connectivity index (χ2n) is 10.8. The summed E-state index contributed by atoms with van der Waals surface area (Å²) in [4.78, 5) is 29.8. The Hall–Kier alpha value is -4.06. The molecule has 12 heteroatoms. The Bertz CT molecular complexity index is 1660. The zero-order valence-electron chi connectivity index (χ0n) is 21.9. The molecule has 41 heavy (non-hydrogen) atoms. The topological polar surface area (TPSA) is 83.5 Å². The van der Waals surface area contributed by atoms with Crippen LogP contribution in [-0.2, 0) is 4.79 Å². The Labute approximate surface area is 232 Å². The summed E-state index contributed by atoms with van der Waals surface area (Å²) in [5, 5.41) is 5.08. The van der Waals surface area contributed by atoms with Gasteiger partial charge in [-0.2, -0.15) is 18.2 Å². The van der Waals surface area contributed by atoms with Crippen molar-refractivity contribution in [2.24, 2.45) is 0 Å². The number of ether oxygens (including phenoxy) is 1. The fraction of sp³-hybridized carbons (Fsp3) is 0.379. The normalized spacial score (nSPS) is 20.8. The predicted octanol–water partition coefficient (Wildman–Crippen LogP) is 4.99. The summed E-state index contributed by atoms with van der Waals surface area (Å²) in [5.41, 5.74) is 0.182. The maximum atomic E-state index is 16.6. The Morgan fingerprint density at radius 1 is 0.976 bits per heavy atom. The number of anilines is 2. The Kier molecular flexibility index (Phi) is 6.18. The van der Waals surface area contributed by atoms with Crippen molar-refractivity contribution in [1.29, 1.82) is 0 Å². The number of carbonyl (C=O) groups is 1. The quantitative estimate of drug-likeness (QED) is 0.210. The fourth-order valence-electron chi connectivity index (χ4n) is 6.19. The van der Waals surface area contributed by atoms with E-state index in [0.717, 1.165) is 51.9 Å². The number of aromatic nitrogens is 3. The van der Waals surface area contributed by atoms with Crippen LogP contribution >= 0.6 is 0 Å². The number of nitrogens with one attached hydrogen (secondary N) is 1. The predicted molar refractivity (Wildman–Crippen MR) is 146 cm³/mol. The molecule has 0 aliphatic carbocycles. The van der Waals surface area contributed by atoms with Crippen molar-refractivity contribution in [3.05, 3.63) is 48.4 Å². The standard InChI is InChI=1S/C29H26F4N6O2/c30-23-24(21-12-19(41-27(40)29(31,32)33)11-16-5-1-2-6-20(16)21)34-13-22-25(23)36-28(38-9-3-4-10-38)37-26(22)39-14-17-7-8-18(15-39)35-17/h1-2,5-6,11-13,17-18,35H,3-4,7-10,14-15H2/t17-,18+. The number of rotatable bonds is 4. The monoisotopic (exact) mass is 566 g/mol. The number of benzene rings is 2. The van der Waals surface area contributed by atoms with E-state index in [-0.39, 0.29) is 22.5 Å². The number of carbonyl (C=O) groups excluding carboxylic acids is 1. The van der Waals surface area contributed by atoms with Crippen molar-refractivity contribution in [2.75, 3.05) is 36.0 Å². The number of hydrogen-bond donors (Lipinski definition) is 1. The fourth-order valence-corrected chi connectivity index (χ4v) is 6.19. The van der Waals surface area contributed by atoms with E-state index in [1.165, 1.54) is 18.3 Å². The van der Waals surface area contributed by atoms with Gasteiger partial charge in [0.1, 0.15) is 22.8 Å². The van der Waals surface area contributed by atoms with Crippen LogP contribution in [-0.4, -0.2) is 65.4 Å². The van der Waals surface area contributed by atoms with Crippen LogP contribution in [0.5, 0.6) is 5.75 Å². The van der Waals surface area contributed by atoms with Crippen LogP contribution in [0, 0.1) is 5.82 Å². The maximum Gasteiger partial charge on any atom is 0.491 e. The number of fused-ring (bicyclic) bond motifs is 4. The molecule has 8 nitrogen and oxygen atoms in total. The average molecular weight is 567 g/mol. The molecule has 0 saturated carbocycles. The van der Waals surface area contributed by atoms with Gasteiger partial charge >= 0.3 is 12.1 Å². The van der Waals surface area contributed by atoms with Crippen molar-refractivity contribution in [3.8, 4) is 17.0 Å². The summed E-state index contributed by atoms with van der Waals surface area (Å²) in [6.45, 7) is 3.02. The molecule has 2 atom stereocenters. The average Bonchev–Trinajstić information content (AvgIpc) is 3.61. The van der Waals surface area contributed by atoms with Gasteiger partial charge in [-0.1, -0.05) is 24.3 Å². The molecule has 0 unspecified atom stereocenters. The van der Waals surface area contributed by atoms with Gasteiger partial charge < -0.3 is 19.9 Å². The van der Waals surface area contributed by atoms with Crippen molar-refractivity contribution >= 4 is 39.4 Å². The zero-order valence-corrected chi connectivity index (χ0v) is 21.9. The van der Waals surface area contributed by atoms with Crippen LogP contribution in [0.2, 0.25) is 0 Å². The molecule has 0 spiro atoms. The molecule has 3 fully saturated rings. The lowest BCUT2D eigenvalue weighted by atomic mass is 10.00. The number of halogens is 4. The van der Waals surface area contributed by atoms with E-state index < -0.39 is 18.0 Å². The second kappa shape index (κ2) is 9.79. The number of nitrogens with zero attached hydrogens (tertiary/aromatic N) is 5. The first-order chi connectivity index (χ1) is 19.7. The van der Waals surface area contributed by atoms with Crippen LogP contribution < -0.4 is 19.9 Å². The molecule has 2 aromatic heterocycles. The summed E-state index contributed by atoms with van der Waals surface area (Å²) in [7, 11) is 0. The van der Waals surface area contributed by atoms with Gasteiger partial charge in [-0.05, 0) is 48.6 Å². The van der Waals surface area contributed by atoms with Gasteiger partial charge in [-0.3, -0.25) is 4.98 Å². The van der Waals surface area contributed by atoms with E-state index in [9.17, 15) is 18.0 Å². The molecule has 3 saturated heterocycles. The van der Waals surface area contributed by atoms with Crippen LogP contribution in [0.4, 0.5) is 29.3 Å². The molecule has 7 rings (SSSR count). The summed E-state index contributed by atoms with van der Waals surface area (Å²) in [6.07, 6.45) is 0.484. The number of hydrogen-bond acceptors (Lipinski definition) is 8. The van der Waals surface area contributed by atoms with E-state index in [2.05, 4.69) is 24.9 Å². The van der Waals surface area contributed by atoms with Crippen LogP contribution in [0.25, 0.3) is 32.9 Å². The molecule has 1 N–H and O–H groups in total. The SMILES string of the molecule is O=C(Oc1cc(-c2ncc3c(N4C[C@H]5CC[C@@H](C4)N5)nc(N4CCCC4)nc3c2F)c2ccccc2c1)C(F)(F)F. The third-order valence-electron chi connectivity index (χ3n) is 8.09. The van der Waals surface area contributed by atoms with Gasteiger partial charge in [0.05, 0.1) is 5.39 Å². The van der Waals surface area contributed by atoms with E-state index in [4.69, 9.17) is 4.98 Å². The lowest BCUT2D eigenvalue weighted by Crippen LogP contribution is -2.51. The highest BCUT2D eigenvalue weighted by Crippen LogP contribution is 2.38. The summed E-state index contributed by atoms with van der Waals surface area (Å²) in [6, 6.07) is 9.96. The van der Waals surface area contributed by atoms with Gasteiger partial charge in [0, 0.05) is 50.0 Å². The Balaban J connectivity index is 1.39. The molecule has 0 radical (unpaired) electrons. The number of alkyl halides is 3. The summed E-state index contributed by atoms with van der Waals surface area (Å²) >= 11 is 0. The van der Waals surface area contributed by atoms with E-state index in [0.29, 0.717) is 40.0 Å². The maximum absolute atomic E-state index is 16.6. The van der Waals surface area contributed by atoms with Gasteiger partial charge in [0.25, 0.3) is 0 Å². The Morgan fingerprint density at radius 3 is 2.44 bits per heavy atom. The molecule has 4 aromatic rings. The first-order valence-corrected chi connectivity index (χ1v) is 13.7. The molecule has 3 aliphatic rings. The van der Waals surface area contributed by atoms with Gasteiger partial charge in [-0.15, -0.1) is 0 Å². The minimum absolute atomic E-state index is 0.0922. The molecule has 212 valence electrons. The van der Waals surface area contributed by atoms with Crippen molar-refractivity contribution < 1.29 is 27.1 Å². The highest BCUT2D eigenvalue weighted by Gasteiger charge is 2.41. The minimum atomic E-state index is -5.18. The molecular weight excluding hydrogens is 540 g/mol. The van der Waals surface area contributed by atoms with Crippen LogP contribution in [0.1, 0.15) is 25.7 Å². The molecule has 3 aliphatic heterocycles. The van der Waals surface area contributed by atoms with Gasteiger partial charge in [-0.25, -0.2) is 14.2 Å². The second-order valence-corrected chi connectivity index (χ2v) is 10.8. The van der Waals surface area contributed by atoms with E-state index in [1.807, 2.05) is 4.90 Å². The number of pyridine rings is 1. The van der Waals surface area contributed by atoms with E-state index in [1.54, 1.807) is 24.3 Å². The van der Waals surface area contributed by atoms with Crippen molar-refractivity contribution in [3.63, 3.8) is 0 Å². The third-order valence-corrected chi connectivity index (χ3v) is 8.09. The third kappa shape index (κ3) is 4.69. The largest absolute Gasteiger partial charge is 0.491 e. The van der Waals surface area contributed by atoms with Crippen LogP contribution in [0.3, 0.4) is 0 Å². The first-order valence-electron chi connectivity index (χ1n) is 13.7. The minimum Gasteiger partial charge on any atom is -0.420 e. The molecule has 2 aromatic carbocycles. The molecule has 2 bridgehead atoms. The first kappa shape index (κ1) is 25.9. The van der Waals surface area contributed by atoms with Gasteiger partial charge in [0.2, 0.25) is 5.95 Å². The lowest BCUT2D eigenvalue weighted by Gasteiger charge is -2.34. The Morgan fingerprint density at radius 2 is 1.71 bits per heavy atom. The number of esters is 1. The molecular formula is C29H26F4N6O2. The smallest absolute Gasteiger partial charge is 0.420 e. The van der Waals surface area contributed by atoms with Gasteiger partial charge in [0.15, 0.2) is 5.82 Å². The number of piperazine rings is 1. The van der Waals surface area contributed by atoms with Crippen molar-refractivity contribution in [1.82, 2.24) is 20.3 Å². The van der Waals surface area contributed by atoms with Crippen molar-refractivity contribution in [2.45, 2.75) is 43.9 Å². The molecule has 5 heterocycles. The van der Waals surface area contributed by atoms with E-state index >= 15 is 4.39 Å². The highest BCUT2D eigenvalue weighted by atomic mass is 19.4. The highest BCUT2D eigenvalue weighted by molar-refractivity contribution is 6.00.